The zero-order valence-corrected chi connectivity index (χ0v) is 70.6. The second kappa shape index (κ2) is 40.2. The fraction of sp³-hybridized carbons (Fsp3) is 0.379. The molecule has 121 heavy (non-hydrogen) atoms. The van der Waals surface area contributed by atoms with Crippen molar-refractivity contribution in [2.75, 3.05) is 60.3 Å². The van der Waals surface area contributed by atoms with E-state index in [4.69, 9.17) is 0 Å². The Hall–Kier alpha value is -13.7. The number of hydrogen-bond donors (Lipinski definition) is 7. The fourth-order valence-corrected chi connectivity index (χ4v) is 14.6. The summed E-state index contributed by atoms with van der Waals surface area (Å²) in [5.74, 6) is -4.22. The highest BCUT2D eigenvalue weighted by Crippen LogP contribution is 2.25. The van der Waals surface area contributed by atoms with Crippen molar-refractivity contribution >= 4 is 116 Å². The number of nitrogens with zero attached hydrogens (tertiary/aromatic N) is 12. The van der Waals surface area contributed by atoms with E-state index in [0.29, 0.717) is 111 Å². The lowest BCUT2D eigenvalue weighted by Gasteiger charge is -2.08. The molecule has 0 bridgehead atoms. The third kappa shape index (κ3) is 24.3. The van der Waals surface area contributed by atoms with Gasteiger partial charge in [0.2, 0.25) is 17.6 Å². The maximum absolute atomic E-state index is 13.8. The Labute approximate surface area is 699 Å². The molecule has 10 heterocycles. The average molecular weight is 1660 g/mol. The standard InChI is InChI=1S/C87H105N19O15/c1-53(107)90-59-38-73(103(10)47-59)85(119)93-62-41-72(102(9)50-62)84(118)89-27-25-81(116)91-60-39-74(104(11)48-60)86(120)95-63-42-75(105(12)51-63)87(121)94-61-40-71(101(8)49-61)83(117)88-26-18-22-66(110)37-58-52-106(13)82(92-58)80(115)36-57-33-70(100(7)46-57)79(114)35-56-32-68(98(5)45-56)77(112)24-17-21-65(109)29-54-30-69(99(6)43-54)78(113)34-55-31-67(97(4)44-55)76(111)23-16-20-64(108)19-14-15-28-96(2)3/h30-33,38-52H,14-29,34-37H2,1-13H3,(H,88,117)(H,89,118)(H,90,107)(H,91,116)(H,93,119)(H,94,121)(H,95,120). The van der Waals surface area contributed by atoms with Gasteiger partial charge in [0.25, 0.3) is 29.5 Å². The molecule has 638 valence electrons. The van der Waals surface area contributed by atoms with E-state index < -0.39 is 35.4 Å². The number of aryl methyl sites for hydroxylation is 10. The van der Waals surface area contributed by atoms with Crippen LogP contribution in [0.4, 0.5) is 28.4 Å². The molecule has 0 aromatic carbocycles. The summed E-state index contributed by atoms with van der Waals surface area (Å²) < 4.78 is 15.9. The summed E-state index contributed by atoms with van der Waals surface area (Å²) in [5.41, 5.74) is 7.35. The second-order valence-corrected chi connectivity index (χ2v) is 31.2. The minimum absolute atomic E-state index is 0.0242. The van der Waals surface area contributed by atoms with E-state index in [0.717, 1.165) is 19.4 Å². The highest BCUT2D eigenvalue weighted by atomic mass is 16.2. The van der Waals surface area contributed by atoms with Gasteiger partial charge >= 0.3 is 0 Å². The Bertz CT molecular complexity index is 5660. The molecule has 0 saturated carbocycles. The number of aromatic nitrogens is 11. The molecular weight excluding hydrogens is 1550 g/mol. The molecule has 0 saturated heterocycles. The van der Waals surface area contributed by atoms with E-state index in [-0.39, 0.29) is 164 Å². The Balaban J connectivity index is 0.598. The van der Waals surface area contributed by atoms with Crippen molar-refractivity contribution in [3.8, 4) is 0 Å². The van der Waals surface area contributed by atoms with Gasteiger partial charge in [-0.05, 0) is 130 Å². The number of amides is 7. The summed E-state index contributed by atoms with van der Waals surface area (Å²) in [6.07, 6.45) is 20.5. The molecule has 7 amide bonds. The quantitative estimate of drug-likeness (QED) is 0.0139. The van der Waals surface area contributed by atoms with Crippen molar-refractivity contribution in [1.29, 1.82) is 0 Å². The van der Waals surface area contributed by atoms with Crippen molar-refractivity contribution in [2.45, 2.75) is 116 Å². The maximum Gasteiger partial charge on any atom is 0.272 e. The van der Waals surface area contributed by atoms with Gasteiger partial charge in [-0.25, -0.2) is 4.98 Å². The van der Waals surface area contributed by atoms with Gasteiger partial charge in [-0.2, -0.15) is 0 Å². The van der Waals surface area contributed by atoms with Gasteiger partial charge < -0.3 is 87.8 Å². The number of Topliss-reactive ketones (excluding diaryl/α,β-unsaturated/α-hetero) is 8. The lowest BCUT2D eigenvalue weighted by Crippen LogP contribution is -2.28. The topological polar surface area (TPSA) is 406 Å². The van der Waals surface area contributed by atoms with Crippen molar-refractivity contribution in [2.24, 2.45) is 70.5 Å². The van der Waals surface area contributed by atoms with E-state index >= 15 is 0 Å². The van der Waals surface area contributed by atoms with Crippen LogP contribution >= 0.6 is 0 Å². The van der Waals surface area contributed by atoms with Crippen molar-refractivity contribution in [3.05, 3.63) is 202 Å². The number of rotatable bonds is 45. The minimum Gasteiger partial charge on any atom is -0.351 e. The summed E-state index contributed by atoms with van der Waals surface area (Å²) in [4.78, 5) is 204. The van der Waals surface area contributed by atoms with Gasteiger partial charge in [-0.1, -0.05) is 0 Å². The fourth-order valence-electron chi connectivity index (χ4n) is 14.6. The molecule has 10 aromatic rings. The predicted molar refractivity (Wildman–Crippen MR) is 453 cm³/mol. The van der Waals surface area contributed by atoms with E-state index in [2.05, 4.69) is 47.1 Å². The monoisotopic (exact) mass is 1660 g/mol. The number of unbranched alkanes of at least 4 members (excludes halogenated alkanes) is 1. The largest absolute Gasteiger partial charge is 0.351 e. The molecule has 0 radical (unpaired) electrons. The molecule has 0 unspecified atom stereocenters. The molecule has 0 aliphatic rings. The van der Waals surface area contributed by atoms with E-state index in [1.54, 1.807) is 184 Å². The Morgan fingerprint density at radius 2 is 0.636 bits per heavy atom. The molecule has 0 atom stereocenters. The molecule has 34 nitrogen and oxygen atoms in total. The summed E-state index contributed by atoms with van der Waals surface area (Å²) >= 11 is 0. The van der Waals surface area contributed by atoms with Crippen LogP contribution in [0.5, 0.6) is 0 Å². The SMILES string of the molecule is CC(=O)Nc1cc(C(=O)Nc2cc(C(=O)NCCC(=O)Nc3cc(C(=O)Nc4cc(C(=O)Nc5cc(C(=O)NCCCC(=O)Cc6cn(C)c(C(=O)Cc7cc(C(=O)Cc8cc(C(=O)CCCC(=O)Cc9cc(C(=O)Cc%10cc(C(=O)CCCC(=O)CCCCN(C)C)n(C)c%10)n(C)c9)n(C)c8)n(C)c7)n6)n(C)c5)n(C)c4)n(C)c3)n(C)c2)n(C)c1. The van der Waals surface area contributed by atoms with Gasteiger partial charge in [0, 0.05) is 223 Å². The molecule has 0 aliphatic heterocycles. The van der Waals surface area contributed by atoms with Crippen molar-refractivity contribution < 1.29 is 71.9 Å². The summed E-state index contributed by atoms with van der Waals surface area (Å²) in [7, 11) is 20.7. The van der Waals surface area contributed by atoms with Gasteiger partial charge in [-0.3, -0.25) is 71.9 Å². The highest BCUT2D eigenvalue weighted by Gasteiger charge is 2.26. The number of nitrogens with one attached hydrogen (secondary N) is 7. The lowest BCUT2D eigenvalue weighted by atomic mass is 10.0. The number of anilines is 5. The molecule has 10 aromatic heterocycles. The zero-order chi connectivity index (χ0) is 87.8. The molecule has 7 N–H and O–H groups in total. The van der Waals surface area contributed by atoms with Gasteiger partial charge in [-0.15, -0.1) is 0 Å². The normalized spacial score (nSPS) is 11.3. The van der Waals surface area contributed by atoms with Crippen LogP contribution in [0.25, 0.3) is 0 Å². The molecule has 10 rings (SSSR count). The third-order valence-corrected chi connectivity index (χ3v) is 20.6. The highest BCUT2D eigenvalue weighted by molar-refractivity contribution is 6.09. The Morgan fingerprint density at radius 1 is 0.298 bits per heavy atom. The van der Waals surface area contributed by atoms with Crippen LogP contribution < -0.4 is 37.2 Å². The number of imidazole rings is 1. The maximum atomic E-state index is 13.8. The van der Waals surface area contributed by atoms with Crippen LogP contribution in [0.3, 0.4) is 0 Å². The van der Waals surface area contributed by atoms with Crippen molar-refractivity contribution in [3.63, 3.8) is 0 Å². The molecule has 0 spiro atoms. The van der Waals surface area contributed by atoms with Crippen LogP contribution in [0.15, 0.2) is 117 Å². The molecule has 34 heteroatoms. The Kier molecular flexibility index (Phi) is 29.8. The molecule has 0 fully saturated rings. The van der Waals surface area contributed by atoms with Crippen LogP contribution in [0.1, 0.15) is 217 Å². The number of ketones is 8. The average Bonchev–Trinajstić information content (AvgIpc) is 1.66. The van der Waals surface area contributed by atoms with E-state index in [9.17, 15) is 71.9 Å². The number of carbonyl (C=O) groups excluding carboxylic acids is 15. The minimum atomic E-state index is -0.543. The zero-order valence-electron chi connectivity index (χ0n) is 70.6. The third-order valence-electron chi connectivity index (χ3n) is 20.6. The summed E-state index contributed by atoms with van der Waals surface area (Å²) in [6.45, 7) is 2.40. The summed E-state index contributed by atoms with van der Waals surface area (Å²) in [6, 6.07) is 14.2. The van der Waals surface area contributed by atoms with Crippen LogP contribution in [0, 0.1) is 0 Å². The first kappa shape index (κ1) is 89.7. The van der Waals surface area contributed by atoms with Crippen LogP contribution in [-0.4, -0.2) is 177 Å². The van der Waals surface area contributed by atoms with Crippen molar-refractivity contribution in [1.82, 2.24) is 66.2 Å². The first-order chi connectivity index (χ1) is 57.4. The van der Waals surface area contributed by atoms with E-state index in [1.165, 1.54) is 55.5 Å². The summed E-state index contributed by atoms with van der Waals surface area (Å²) in [5, 5.41) is 19.2. The van der Waals surface area contributed by atoms with Crippen LogP contribution in [-0.2, 0) is 127 Å². The van der Waals surface area contributed by atoms with Crippen LogP contribution in [0.2, 0.25) is 0 Å². The predicted octanol–water partition coefficient (Wildman–Crippen LogP) is 8.36. The first-order valence-corrected chi connectivity index (χ1v) is 39.8. The first-order valence-electron chi connectivity index (χ1n) is 39.8. The van der Waals surface area contributed by atoms with Gasteiger partial charge in [0.05, 0.1) is 63.3 Å². The molecular formula is C87H105N19O15. The molecule has 0 aliphatic carbocycles. The number of carbonyl (C=O) groups is 15. The second-order valence-electron chi connectivity index (χ2n) is 31.2. The van der Waals surface area contributed by atoms with E-state index in [1.807, 2.05) is 14.1 Å². The van der Waals surface area contributed by atoms with Gasteiger partial charge in [0.1, 0.15) is 45.8 Å². The lowest BCUT2D eigenvalue weighted by molar-refractivity contribution is -0.119. The number of hydrogen-bond acceptors (Lipinski definition) is 17. The smallest absolute Gasteiger partial charge is 0.272 e. The van der Waals surface area contributed by atoms with Gasteiger partial charge in [0.15, 0.2) is 29.0 Å². The Morgan fingerprint density at radius 3 is 1.06 bits per heavy atom.